The zero-order valence-corrected chi connectivity index (χ0v) is 19.4. The SMILES string of the molecule is O=C(O)c1ccc([N+](=O)[O-])cc1CONCc1ccc(CNC(=O)c2cc([N+](=O)[O-])ccc2C(=O)O)cc1. The zero-order chi connectivity index (χ0) is 27.8. The van der Waals surface area contributed by atoms with Crippen LogP contribution in [0.2, 0.25) is 0 Å². The molecule has 14 nitrogen and oxygen atoms in total. The number of rotatable bonds is 12. The number of nitrogens with zero attached hydrogens (tertiary/aromatic N) is 2. The molecule has 0 saturated carbocycles. The zero-order valence-electron chi connectivity index (χ0n) is 19.4. The van der Waals surface area contributed by atoms with Crippen molar-refractivity contribution in [3.05, 3.63) is 114 Å². The van der Waals surface area contributed by atoms with E-state index in [1.165, 1.54) is 0 Å². The molecular formula is C24H20N4O10. The van der Waals surface area contributed by atoms with E-state index in [1.807, 2.05) is 0 Å². The summed E-state index contributed by atoms with van der Waals surface area (Å²) in [5.41, 5.74) is 2.69. The van der Waals surface area contributed by atoms with E-state index < -0.39 is 33.4 Å². The number of non-ortho nitro benzene ring substituents is 2. The summed E-state index contributed by atoms with van der Waals surface area (Å²) in [5.74, 6) is -3.42. The van der Waals surface area contributed by atoms with Crippen LogP contribution < -0.4 is 10.8 Å². The number of carbonyl (C=O) groups excluding carboxylic acids is 1. The molecule has 3 rings (SSSR count). The van der Waals surface area contributed by atoms with Crippen molar-refractivity contribution >= 4 is 29.2 Å². The van der Waals surface area contributed by atoms with Gasteiger partial charge < -0.3 is 15.5 Å². The Bertz CT molecular complexity index is 1410. The quantitative estimate of drug-likeness (QED) is 0.154. The normalized spacial score (nSPS) is 10.5. The second-order valence-corrected chi connectivity index (χ2v) is 7.80. The van der Waals surface area contributed by atoms with Crippen molar-refractivity contribution in [2.45, 2.75) is 19.7 Å². The molecule has 3 aromatic rings. The first-order valence-corrected chi connectivity index (χ1v) is 10.8. The van der Waals surface area contributed by atoms with Gasteiger partial charge in [-0.3, -0.25) is 29.9 Å². The molecule has 14 heteroatoms. The Morgan fingerprint density at radius 3 is 1.82 bits per heavy atom. The highest BCUT2D eigenvalue weighted by atomic mass is 16.6. The molecule has 0 aliphatic rings. The minimum Gasteiger partial charge on any atom is -0.478 e. The third-order valence-corrected chi connectivity index (χ3v) is 5.30. The maximum absolute atomic E-state index is 12.5. The molecule has 0 radical (unpaired) electrons. The van der Waals surface area contributed by atoms with Crippen LogP contribution in [0, 0.1) is 20.2 Å². The monoisotopic (exact) mass is 524 g/mol. The van der Waals surface area contributed by atoms with E-state index in [0.29, 0.717) is 5.56 Å². The molecule has 0 aliphatic carbocycles. The van der Waals surface area contributed by atoms with E-state index in [2.05, 4.69) is 10.8 Å². The average molecular weight is 524 g/mol. The molecule has 0 aromatic heterocycles. The lowest BCUT2D eigenvalue weighted by Gasteiger charge is -2.10. The van der Waals surface area contributed by atoms with Gasteiger partial charge in [0.25, 0.3) is 17.3 Å². The van der Waals surface area contributed by atoms with Crippen LogP contribution in [-0.2, 0) is 24.5 Å². The smallest absolute Gasteiger partial charge is 0.336 e. The predicted molar refractivity (Wildman–Crippen MR) is 129 cm³/mol. The van der Waals surface area contributed by atoms with Crippen LogP contribution in [-0.4, -0.2) is 37.9 Å². The molecule has 0 unspecified atom stereocenters. The standard InChI is InChI=1S/C24H20N4O10/c29-22(21-10-18(28(36)37)6-8-20(21)24(32)33)25-11-14-1-3-15(4-2-14)12-26-38-13-16-9-17(27(34)35)5-7-19(16)23(30)31/h1-10,26H,11-13H2,(H,25,29)(H,30,31)(H,32,33). The molecule has 0 spiro atoms. The van der Waals surface area contributed by atoms with Crippen LogP contribution >= 0.6 is 0 Å². The van der Waals surface area contributed by atoms with Crippen molar-refractivity contribution in [1.29, 1.82) is 0 Å². The summed E-state index contributed by atoms with van der Waals surface area (Å²) in [6.45, 7) is -0.00141. The van der Waals surface area contributed by atoms with E-state index in [4.69, 9.17) is 4.84 Å². The van der Waals surface area contributed by atoms with Crippen molar-refractivity contribution in [2.75, 3.05) is 0 Å². The first-order valence-electron chi connectivity index (χ1n) is 10.8. The van der Waals surface area contributed by atoms with Crippen molar-refractivity contribution < 1.29 is 39.3 Å². The Labute approximate surface area is 213 Å². The van der Waals surface area contributed by atoms with Crippen LogP contribution in [0.15, 0.2) is 60.7 Å². The maximum Gasteiger partial charge on any atom is 0.336 e. The lowest BCUT2D eigenvalue weighted by Crippen LogP contribution is -2.25. The second kappa shape index (κ2) is 12.2. The van der Waals surface area contributed by atoms with Gasteiger partial charge in [0.1, 0.15) is 0 Å². The third-order valence-electron chi connectivity index (χ3n) is 5.30. The number of benzene rings is 3. The molecule has 0 fully saturated rings. The molecule has 1 amide bonds. The van der Waals surface area contributed by atoms with Crippen LogP contribution in [0.4, 0.5) is 11.4 Å². The summed E-state index contributed by atoms with van der Waals surface area (Å²) in [7, 11) is 0. The number of nitrogens with one attached hydrogen (secondary N) is 2. The fraction of sp³-hybridized carbons (Fsp3) is 0.125. The summed E-state index contributed by atoms with van der Waals surface area (Å²) in [4.78, 5) is 61.0. The van der Waals surface area contributed by atoms with Crippen LogP contribution in [0.5, 0.6) is 0 Å². The van der Waals surface area contributed by atoms with E-state index in [9.17, 15) is 44.8 Å². The maximum atomic E-state index is 12.5. The summed E-state index contributed by atoms with van der Waals surface area (Å²) >= 11 is 0. The number of nitro groups is 2. The molecule has 0 heterocycles. The molecule has 0 bridgehead atoms. The molecule has 0 saturated heterocycles. The number of nitro benzene ring substituents is 2. The molecule has 0 atom stereocenters. The topological polar surface area (TPSA) is 211 Å². The Hall–Kier alpha value is -5.21. The lowest BCUT2D eigenvalue weighted by molar-refractivity contribution is -0.385. The Morgan fingerprint density at radius 1 is 0.737 bits per heavy atom. The van der Waals surface area contributed by atoms with Gasteiger partial charge in [0, 0.05) is 42.9 Å². The highest BCUT2D eigenvalue weighted by molar-refractivity contribution is 6.05. The number of hydrogen-bond donors (Lipinski definition) is 4. The van der Waals surface area contributed by atoms with Gasteiger partial charge in [0.2, 0.25) is 0 Å². The molecule has 38 heavy (non-hydrogen) atoms. The number of aromatic carboxylic acids is 2. The number of carbonyl (C=O) groups is 3. The first kappa shape index (κ1) is 27.4. The minimum absolute atomic E-state index is 0.0234. The van der Waals surface area contributed by atoms with Gasteiger partial charge in [-0.15, -0.1) is 0 Å². The minimum atomic E-state index is -1.39. The molecule has 196 valence electrons. The van der Waals surface area contributed by atoms with Crippen LogP contribution in [0.1, 0.15) is 47.8 Å². The summed E-state index contributed by atoms with van der Waals surface area (Å²) in [5, 5.41) is 43.0. The van der Waals surface area contributed by atoms with E-state index in [0.717, 1.165) is 42.0 Å². The summed E-state index contributed by atoms with van der Waals surface area (Å²) in [6, 6.07) is 13.1. The van der Waals surface area contributed by atoms with Gasteiger partial charge in [-0.1, -0.05) is 24.3 Å². The van der Waals surface area contributed by atoms with Gasteiger partial charge in [0.05, 0.1) is 33.1 Å². The number of hydrogen-bond acceptors (Lipinski definition) is 9. The molecule has 0 aliphatic heterocycles. The van der Waals surface area contributed by atoms with Crippen molar-refractivity contribution in [2.24, 2.45) is 0 Å². The predicted octanol–water partition coefficient (Wildman–Crippen LogP) is 3.05. The number of carboxylic acid groups (broad SMARTS) is 2. The molecular weight excluding hydrogens is 504 g/mol. The largest absolute Gasteiger partial charge is 0.478 e. The summed E-state index contributed by atoms with van der Waals surface area (Å²) < 4.78 is 0. The van der Waals surface area contributed by atoms with E-state index in [-0.39, 0.29) is 47.6 Å². The van der Waals surface area contributed by atoms with Gasteiger partial charge in [-0.25, -0.2) is 9.59 Å². The highest BCUT2D eigenvalue weighted by Crippen LogP contribution is 2.20. The Kier molecular flexibility index (Phi) is 8.76. The number of hydroxylamine groups is 1. The molecule has 3 aromatic carbocycles. The number of amides is 1. The third kappa shape index (κ3) is 6.93. The van der Waals surface area contributed by atoms with Gasteiger partial charge in [-0.05, 0) is 23.3 Å². The van der Waals surface area contributed by atoms with Crippen molar-refractivity contribution in [1.82, 2.24) is 10.8 Å². The second-order valence-electron chi connectivity index (χ2n) is 7.80. The van der Waals surface area contributed by atoms with Crippen LogP contribution in [0.3, 0.4) is 0 Å². The highest BCUT2D eigenvalue weighted by Gasteiger charge is 2.20. The Morgan fingerprint density at radius 2 is 1.26 bits per heavy atom. The Balaban J connectivity index is 1.55. The van der Waals surface area contributed by atoms with Gasteiger partial charge in [0.15, 0.2) is 0 Å². The first-order chi connectivity index (χ1) is 18.1. The van der Waals surface area contributed by atoms with Gasteiger partial charge in [-0.2, -0.15) is 5.48 Å². The van der Waals surface area contributed by atoms with Crippen molar-refractivity contribution in [3.63, 3.8) is 0 Å². The lowest BCUT2D eigenvalue weighted by atomic mass is 10.1. The fourth-order valence-corrected chi connectivity index (χ4v) is 3.36. The average Bonchev–Trinajstić information content (AvgIpc) is 2.89. The fourth-order valence-electron chi connectivity index (χ4n) is 3.36. The van der Waals surface area contributed by atoms with Crippen molar-refractivity contribution in [3.8, 4) is 0 Å². The van der Waals surface area contributed by atoms with Gasteiger partial charge >= 0.3 is 11.9 Å². The van der Waals surface area contributed by atoms with Crippen LogP contribution in [0.25, 0.3) is 0 Å². The van der Waals surface area contributed by atoms with E-state index in [1.54, 1.807) is 24.3 Å². The van der Waals surface area contributed by atoms with E-state index >= 15 is 0 Å². The number of carboxylic acids is 2. The summed E-state index contributed by atoms with van der Waals surface area (Å²) in [6.07, 6.45) is 0. The molecule has 4 N–H and O–H groups in total.